The molecule has 19 heavy (non-hydrogen) atoms. The van der Waals surface area contributed by atoms with Gasteiger partial charge in [0.25, 0.3) is 0 Å². The summed E-state index contributed by atoms with van der Waals surface area (Å²) >= 11 is 0. The zero-order valence-corrected chi connectivity index (χ0v) is 12.4. The second-order valence-corrected chi connectivity index (χ2v) is 5.34. The lowest BCUT2D eigenvalue weighted by molar-refractivity contribution is 0.270. The number of nitrogens with two attached hydrogens (primary N) is 1. The van der Waals surface area contributed by atoms with Crippen LogP contribution in [-0.4, -0.2) is 42.6 Å². The van der Waals surface area contributed by atoms with E-state index in [0.717, 1.165) is 45.0 Å². The number of nitrogens with zero attached hydrogens (tertiary/aromatic N) is 3. The number of piperazine rings is 1. The van der Waals surface area contributed by atoms with Crippen molar-refractivity contribution in [3.8, 4) is 0 Å². The summed E-state index contributed by atoms with van der Waals surface area (Å²) in [5, 5.41) is 0. The molecule has 1 aromatic rings. The molecular formula is C15H26N4. The van der Waals surface area contributed by atoms with Gasteiger partial charge in [-0.2, -0.15) is 0 Å². The summed E-state index contributed by atoms with van der Waals surface area (Å²) in [5.74, 6) is 1.10. The summed E-state index contributed by atoms with van der Waals surface area (Å²) in [6, 6.07) is 2.30. The highest BCUT2D eigenvalue weighted by Gasteiger charge is 2.17. The van der Waals surface area contributed by atoms with Gasteiger partial charge in [-0.15, -0.1) is 0 Å². The number of pyridine rings is 1. The first-order valence-corrected chi connectivity index (χ1v) is 7.35. The molecule has 1 fully saturated rings. The predicted octanol–water partition coefficient (Wildman–Crippen LogP) is 1.94. The Morgan fingerprint density at radius 2 is 1.95 bits per heavy atom. The van der Waals surface area contributed by atoms with E-state index >= 15 is 0 Å². The van der Waals surface area contributed by atoms with Crippen LogP contribution in [0.25, 0.3) is 0 Å². The summed E-state index contributed by atoms with van der Waals surface area (Å²) in [7, 11) is 0. The van der Waals surface area contributed by atoms with E-state index in [0.29, 0.717) is 0 Å². The Morgan fingerprint density at radius 1 is 1.26 bits per heavy atom. The predicted molar refractivity (Wildman–Crippen MR) is 80.5 cm³/mol. The van der Waals surface area contributed by atoms with Crippen molar-refractivity contribution in [2.24, 2.45) is 5.73 Å². The number of hydrogen-bond donors (Lipinski definition) is 1. The molecule has 106 valence electrons. The minimum absolute atomic E-state index is 0.110. The molecule has 0 radical (unpaired) electrons. The number of aromatic nitrogens is 1. The van der Waals surface area contributed by atoms with Crippen LogP contribution < -0.4 is 10.6 Å². The monoisotopic (exact) mass is 262 g/mol. The topological polar surface area (TPSA) is 45.4 Å². The van der Waals surface area contributed by atoms with E-state index in [1.54, 1.807) is 0 Å². The van der Waals surface area contributed by atoms with Crippen LogP contribution in [-0.2, 0) is 0 Å². The van der Waals surface area contributed by atoms with E-state index < -0.39 is 0 Å². The molecule has 1 saturated heterocycles. The molecule has 0 saturated carbocycles. The molecule has 0 amide bonds. The second kappa shape index (κ2) is 6.35. The number of hydrogen-bond acceptors (Lipinski definition) is 4. The zero-order chi connectivity index (χ0) is 13.8. The van der Waals surface area contributed by atoms with Crippen molar-refractivity contribution >= 4 is 5.82 Å². The van der Waals surface area contributed by atoms with Crippen LogP contribution in [0.4, 0.5) is 5.82 Å². The van der Waals surface area contributed by atoms with Gasteiger partial charge >= 0.3 is 0 Å². The van der Waals surface area contributed by atoms with Gasteiger partial charge in [0.2, 0.25) is 0 Å². The molecule has 4 heteroatoms. The molecular weight excluding hydrogens is 236 g/mol. The average molecular weight is 262 g/mol. The van der Waals surface area contributed by atoms with E-state index in [9.17, 15) is 0 Å². The Hall–Kier alpha value is -1.13. The first-order chi connectivity index (χ1) is 9.15. The van der Waals surface area contributed by atoms with E-state index in [-0.39, 0.29) is 6.04 Å². The molecule has 0 spiro atoms. The van der Waals surface area contributed by atoms with Crippen LogP contribution in [0.3, 0.4) is 0 Å². The highest BCUT2D eigenvalue weighted by Crippen LogP contribution is 2.22. The molecule has 2 heterocycles. The molecule has 1 aliphatic rings. The summed E-state index contributed by atoms with van der Waals surface area (Å²) in [4.78, 5) is 9.46. The molecule has 1 atom stereocenters. The fraction of sp³-hybridized carbons (Fsp3) is 0.667. The Morgan fingerprint density at radius 3 is 2.47 bits per heavy atom. The maximum Gasteiger partial charge on any atom is 0.128 e. The molecule has 4 nitrogen and oxygen atoms in total. The van der Waals surface area contributed by atoms with Crippen molar-refractivity contribution in [3.05, 3.63) is 23.4 Å². The van der Waals surface area contributed by atoms with Gasteiger partial charge in [0.15, 0.2) is 0 Å². The van der Waals surface area contributed by atoms with Crippen molar-refractivity contribution in [2.45, 2.75) is 33.2 Å². The van der Waals surface area contributed by atoms with Gasteiger partial charge in [0, 0.05) is 38.4 Å². The standard InChI is InChI=1S/C15H26N4/c1-4-14(16)13-11-17-15(10-12(13)3)19-8-6-18(5-2)7-9-19/h10-11,14H,4-9,16H2,1-3H3. The van der Waals surface area contributed by atoms with Crippen molar-refractivity contribution in [1.29, 1.82) is 0 Å². The van der Waals surface area contributed by atoms with Crippen LogP contribution in [0.15, 0.2) is 12.3 Å². The van der Waals surface area contributed by atoms with E-state index in [4.69, 9.17) is 5.73 Å². The molecule has 2 rings (SSSR count). The Balaban J connectivity index is 2.08. The zero-order valence-electron chi connectivity index (χ0n) is 12.4. The number of likely N-dealkylation sites (N-methyl/N-ethyl adjacent to an activating group) is 1. The molecule has 0 bridgehead atoms. The lowest BCUT2D eigenvalue weighted by atomic mass is 10.0. The van der Waals surface area contributed by atoms with E-state index in [1.165, 1.54) is 11.1 Å². The van der Waals surface area contributed by atoms with Gasteiger partial charge in [-0.05, 0) is 37.1 Å². The molecule has 1 aliphatic heterocycles. The van der Waals surface area contributed by atoms with Crippen LogP contribution in [0.2, 0.25) is 0 Å². The van der Waals surface area contributed by atoms with Crippen molar-refractivity contribution in [1.82, 2.24) is 9.88 Å². The maximum atomic E-state index is 6.10. The van der Waals surface area contributed by atoms with Gasteiger partial charge in [0.1, 0.15) is 5.82 Å². The molecule has 1 unspecified atom stereocenters. The number of anilines is 1. The summed E-state index contributed by atoms with van der Waals surface area (Å²) in [5.41, 5.74) is 8.54. The Bertz CT molecular complexity index is 411. The van der Waals surface area contributed by atoms with Gasteiger partial charge < -0.3 is 15.5 Å². The third kappa shape index (κ3) is 3.25. The van der Waals surface area contributed by atoms with Gasteiger partial charge in [0.05, 0.1) is 0 Å². The number of aryl methyl sites for hydroxylation is 1. The van der Waals surface area contributed by atoms with Crippen molar-refractivity contribution in [2.75, 3.05) is 37.6 Å². The summed E-state index contributed by atoms with van der Waals surface area (Å²) in [6.07, 6.45) is 2.92. The first-order valence-electron chi connectivity index (χ1n) is 7.35. The first kappa shape index (κ1) is 14.3. The Labute approximate surface area is 116 Å². The summed E-state index contributed by atoms with van der Waals surface area (Å²) in [6.45, 7) is 12.0. The van der Waals surface area contributed by atoms with Gasteiger partial charge in [-0.1, -0.05) is 13.8 Å². The molecule has 1 aromatic heterocycles. The lowest BCUT2D eigenvalue weighted by Crippen LogP contribution is -2.46. The van der Waals surface area contributed by atoms with Crippen molar-refractivity contribution < 1.29 is 0 Å². The summed E-state index contributed by atoms with van der Waals surface area (Å²) < 4.78 is 0. The minimum Gasteiger partial charge on any atom is -0.354 e. The fourth-order valence-corrected chi connectivity index (χ4v) is 2.63. The third-order valence-corrected chi connectivity index (χ3v) is 4.12. The fourth-order valence-electron chi connectivity index (χ4n) is 2.63. The average Bonchev–Trinajstić information content (AvgIpc) is 2.46. The third-order valence-electron chi connectivity index (χ3n) is 4.12. The van der Waals surface area contributed by atoms with E-state index in [2.05, 4.69) is 41.6 Å². The normalized spacial score (nSPS) is 18.6. The van der Waals surface area contributed by atoms with Gasteiger partial charge in [-0.25, -0.2) is 4.98 Å². The maximum absolute atomic E-state index is 6.10. The second-order valence-electron chi connectivity index (χ2n) is 5.34. The smallest absolute Gasteiger partial charge is 0.128 e. The largest absolute Gasteiger partial charge is 0.354 e. The van der Waals surface area contributed by atoms with Gasteiger partial charge in [-0.3, -0.25) is 0 Å². The quantitative estimate of drug-likeness (QED) is 0.901. The van der Waals surface area contributed by atoms with Crippen LogP contribution in [0, 0.1) is 6.92 Å². The SMILES string of the molecule is CCC(N)c1cnc(N2CCN(CC)CC2)cc1C. The molecule has 0 aromatic carbocycles. The van der Waals surface area contributed by atoms with E-state index in [1.807, 2.05) is 6.20 Å². The van der Waals surface area contributed by atoms with Crippen LogP contribution in [0.1, 0.15) is 37.4 Å². The van der Waals surface area contributed by atoms with Crippen LogP contribution in [0.5, 0.6) is 0 Å². The van der Waals surface area contributed by atoms with Crippen LogP contribution >= 0.6 is 0 Å². The highest BCUT2D eigenvalue weighted by molar-refractivity contribution is 5.44. The lowest BCUT2D eigenvalue weighted by Gasteiger charge is -2.35. The van der Waals surface area contributed by atoms with Crippen molar-refractivity contribution in [3.63, 3.8) is 0 Å². The molecule has 2 N–H and O–H groups in total. The minimum atomic E-state index is 0.110. The number of rotatable bonds is 4. The molecule has 0 aliphatic carbocycles. The Kier molecular flexibility index (Phi) is 4.77. The highest BCUT2D eigenvalue weighted by atomic mass is 15.3.